The first-order valence-corrected chi connectivity index (χ1v) is 14.8. The van der Waals surface area contributed by atoms with E-state index in [2.05, 4.69) is 35.6 Å². The average Bonchev–Trinajstić information content (AvgIpc) is 3.25. The Morgan fingerprint density at radius 2 is 1.81 bits per heavy atom. The van der Waals surface area contributed by atoms with E-state index in [1.807, 2.05) is 19.9 Å². The Labute approximate surface area is 221 Å². The van der Waals surface area contributed by atoms with Gasteiger partial charge in [0.25, 0.3) is 0 Å². The molecule has 1 aliphatic heterocycles. The summed E-state index contributed by atoms with van der Waals surface area (Å²) in [7, 11) is -3.81. The zero-order chi connectivity index (χ0) is 26.6. The van der Waals surface area contributed by atoms with E-state index in [0.717, 1.165) is 36.0 Å². The second kappa shape index (κ2) is 11.8. The first kappa shape index (κ1) is 27.3. The van der Waals surface area contributed by atoms with Crippen molar-refractivity contribution >= 4 is 28.1 Å². The molecule has 7 nitrogen and oxygen atoms in total. The van der Waals surface area contributed by atoms with Gasteiger partial charge >= 0.3 is 0 Å². The second-order valence-corrected chi connectivity index (χ2v) is 12.3. The summed E-state index contributed by atoms with van der Waals surface area (Å²) < 4.78 is 34.1. The Bertz CT molecular complexity index is 1280. The summed E-state index contributed by atoms with van der Waals surface area (Å²) in [4.78, 5) is 12.8. The number of amides is 1. The first-order chi connectivity index (χ1) is 17.7. The fraction of sp³-hybridized carbons (Fsp3) is 0.517. The number of aromatic nitrogens is 1. The number of carbonyl (C=O) groups is 1. The fourth-order valence-electron chi connectivity index (χ4n) is 5.52. The molecule has 37 heavy (non-hydrogen) atoms. The van der Waals surface area contributed by atoms with Gasteiger partial charge < -0.3 is 9.84 Å². The van der Waals surface area contributed by atoms with Crippen molar-refractivity contribution in [2.24, 2.45) is 5.92 Å². The topological polar surface area (TPSA) is 92.5 Å². The number of piperidine rings is 1. The fourth-order valence-corrected chi connectivity index (χ4v) is 7.24. The molecule has 0 unspecified atom stereocenters. The Hall–Kier alpha value is -2.71. The first-order valence-electron chi connectivity index (χ1n) is 13.3. The molecule has 0 bridgehead atoms. The highest BCUT2D eigenvalue weighted by atomic mass is 32.2. The molecule has 1 aliphatic carbocycles. The molecule has 2 aliphatic rings. The normalized spacial score (nSPS) is 17.8. The van der Waals surface area contributed by atoms with Crippen LogP contribution in [0.4, 0.5) is 0 Å². The molecule has 1 N–H and O–H groups in total. The van der Waals surface area contributed by atoms with Gasteiger partial charge in [0.2, 0.25) is 15.9 Å². The van der Waals surface area contributed by atoms with Crippen LogP contribution >= 0.6 is 0 Å². The molecular formula is C29H39N3O4S. The minimum absolute atomic E-state index is 0.0297. The molecule has 0 spiro atoms. The summed E-state index contributed by atoms with van der Waals surface area (Å²) in [6.45, 7) is 9.04. The molecule has 200 valence electrons. The number of benzene rings is 1. The average molecular weight is 526 g/mol. The van der Waals surface area contributed by atoms with Gasteiger partial charge in [-0.25, -0.2) is 8.42 Å². The lowest BCUT2D eigenvalue weighted by Gasteiger charge is -2.30. The Balaban J connectivity index is 1.39. The minimum atomic E-state index is -3.81. The molecule has 8 heteroatoms. The van der Waals surface area contributed by atoms with Crippen LogP contribution in [-0.2, 0) is 14.8 Å². The van der Waals surface area contributed by atoms with Crippen LogP contribution in [-0.4, -0.2) is 43.4 Å². The van der Waals surface area contributed by atoms with E-state index in [4.69, 9.17) is 4.52 Å². The molecule has 2 aromatic rings. The van der Waals surface area contributed by atoms with Crippen molar-refractivity contribution in [2.45, 2.75) is 77.5 Å². The number of carbonyl (C=O) groups excluding carboxylic acids is 1. The summed E-state index contributed by atoms with van der Waals surface area (Å²) >= 11 is 0. The van der Waals surface area contributed by atoms with E-state index < -0.39 is 10.0 Å². The lowest BCUT2D eigenvalue weighted by molar-refractivity contribution is -0.126. The van der Waals surface area contributed by atoms with Crippen molar-refractivity contribution in [1.29, 1.82) is 0 Å². The van der Waals surface area contributed by atoms with E-state index in [1.165, 1.54) is 28.3 Å². The molecule has 0 radical (unpaired) electrons. The molecule has 1 fully saturated rings. The Morgan fingerprint density at radius 3 is 2.46 bits per heavy atom. The molecule has 1 saturated heterocycles. The van der Waals surface area contributed by atoms with Crippen molar-refractivity contribution in [2.75, 3.05) is 19.6 Å². The Morgan fingerprint density at radius 1 is 1.11 bits per heavy atom. The van der Waals surface area contributed by atoms with Crippen molar-refractivity contribution < 1.29 is 17.7 Å². The molecule has 4 rings (SSSR count). The van der Waals surface area contributed by atoms with E-state index in [0.29, 0.717) is 38.2 Å². The highest BCUT2D eigenvalue weighted by Crippen LogP contribution is 2.30. The van der Waals surface area contributed by atoms with Crippen molar-refractivity contribution in [3.05, 3.63) is 57.5 Å². The van der Waals surface area contributed by atoms with Gasteiger partial charge in [0.15, 0.2) is 10.7 Å². The lowest BCUT2D eigenvalue weighted by Crippen LogP contribution is -2.43. The monoisotopic (exact) mass is 525 g/mol. The smallest absolute Gasteiger partial charge is 0.248 e. The summed E-state index contributed by atoms with van der Waals surface area (Å²) in [6, 6.07) is 4.20. The van der Waals surface area contributed by atoms with Gasteiger partial charge in [0.1, 0.15) is 5.69 Å². The maximum absolute atomic E-state index is 13.6. The van der Waals surface area contributed by atoms with Gasteiger partial charge in [-0.2, -0.15) is 4.31 Å². The summed E-state index contributed by atoms with van der Waals surface area (Å²) in [6.07, 6.45) is 12.6. The van der Waals surface area contributed by atoms with Crippen molar-refractivity contribution in [3.8, 4) is 0 Å². The van der Waals surface area contributed by atoms with Gasteiger partial charge in [0, 0.05) is 25.6 Å². The van der Waals surface area contributed by atoms with E-state index in [9.17, 15) is 13.2 Å². The number of aryl methyl sites for hydroxylation is 4. The third-order valence-corrected chi connectivity index (χ3v) is 9.58. The summed E-state index contributed by atoms with van der Waals surface area (Å²) in [5, 5.41) is 7.03. The zero-order valence-electron chi connectivity index (χ0n) is 22.5. The predicted octanol–water partition coefficient (Wildman–Crippen LogP) is 5.49. The molecule has 2 heterocycles. The van der Waals surface area contributed by atoms with Crippen LogP contribution in [0.2, 0.25) is 0 Å². The SMILES string of the molecule is Cc1cc(C)c(/C=C/c2onc(C)c2S(=O)(=O)N2CCC(C(=O)NCCC3=CCCCC3)CC2)c(C)c1. The molecule has 1 aromatic heterocycles. The van der Waals surface area contributed by atoms with Gasteiger partial charge in [-0.1, -0.05) is 40.6 Å². The van der Waals surface area contributed by atoms with Crippen LogP contribution in [0.5, 0.6) is 0 Å². The highest BCUT2D eigenvalue weighted by molar-refractivity contribution is 7.89. The van der Waals surface area contributed by atoms with Crippen LogP contribution in [0.3, 0.4) is 0 Å². The van der Waals surface area contributed by atoms with Gasteiger partial charge in [-0.05, 0) is 95.4 Å². The summed E-state index contributed by atoms with van der Waals surface area (Å²) in [5.74, 6) is 0.0954. The standard InChI is InChI=1S/C29H39N3O4S/c1-20-18-21(2)26(22(3)19-20)10-11-27-28(23(4)31-36-27)37(34,35)32-16-13-25(14-17-32)29(33)30-15-12-24-8-6-5-7-9-24/h8,10-11,18-19,25H,5-7,9,12-17H2,1-4H3,(H,30,33)/b11-10+. The van der Waals surface area contributed by atoms with Crippen LogP contribution < -0.4 is 5.32 Å². The Kier molecular flexibility index (Phi) is 8.70. The van der Waals surface area contributed by atoms with E-state index in [-0.39, 0.29) is 22.5 Å². The number of nitrogens with zero attached hydrogens (tertiary/aromatic N) is 2. The maximum atomic E-state index is 13.6. The lowest BCUT2D eigenvalue weighted by atomic mass is 9.96. The second-order valence-electron chi connectivity index (χ2n) is 10.4. The van der Waals surface area contributed by atoms with Crippen LogP contribution in [0.25, 0.3) is 12.2 Å². The number of allylic oxidation sites excluding steroid dienone is 1. The molecule has 0 saturated carbocycles. The third kappa shape index (κ3) is 6.41. The number of sulfonamides is 1. The molecular weight excluding hydrogens is 486 g/mol. The molecule has 1 aromatic carbocycles. The van der Waals surface area contributed by atoms with Crippen molar-refractivity contribution in [3.63, 3.8) is 0 Å². The van der Waals surface area contributed by atoms with Crippen molar-refractivity contribution in [1.82, 2.24) is 14.8 Å². The molecule has 0 atom stereocenters. The summed E-state index contributed by atoms with van der Waals surface area (Å²) in [5.41, 5.74) is 6.23. The zero-order valence-corrected chi connectivity index (χ0v) is 23.3. The van der Waals surface area contributed by atoms with Crippen LogP contribution in [0.1, 0.15) is 78.7 Å². The third-order valence-electron chi connectivity index (χ3n) is 7.53. The highest BCUT2D eigenvalue weighted by Gasteiger charge is 2.35. The largest absolute Gasteiger partial charge is 0.356 e. The number of rotatable bonds is 8. The quantitative estimate of drug-likeness (QED) is 0.460. The predicted molar refractivity (Wildman–Crippen MR) is 146 cm³/mol. The van der Waals surface area contributed by atoms with Gasteiger partial charge in [-0.15, -0.1) is 0 Å². The van der Waals surface area contributed by atoms with E-state index >= 15 is 0 Å². The maximum Gasteiger partial charge on any atom is 0.248 e. The number of hydrogen-bond acceptors (Lipinski definition) is 5. The van der Waals surface area contributed by atoms with E-state index in [1.54, 1.807) is 13.0 Å². The van der Waals surface area contributed by atoms with Crippen LogP contribution in [0, 0.1) is 33.6 Å². The van der Waals surface area contributed by atoms with Gasteiger partial charge in [-0.3, -0.25) is 4.79 Å². The van der Waals surface area contributed by atoms with Crippen LogP contribution in [0.15, 0.2) is 33.2 Å². The number of nitrogens with one attached hydrogen (secondary N) is 1. The number of hydrogen-bond donors (Lipinski definition) is 1. The van der Waals surface area contributed by atoms with Gasteiger partial charge in [0.05, 0.1) is 0 Å². The minimum Gasteiger partial charge on any atom is -0.356 e. The molecule has 1 amide bonds.